The molecule has 0 unspecified atom stereocenters. The van der Waals surface area contributed by atoms with Gasteiger partial charge in [0.1, 0.15) is 12.9 Å². The van der Waals surface area contributed by atoms with Gasteiger partial charge in [-0.05, 0) is 12.1 Å². The van der Waals surface area contributed by atoms with Gasteiger partial charge in [0.15, 0.2) is 0 Å². The quantitative estimate of drug-likeness (QED) is 0.501. The van der Waals surface area contributed by atoms with Crippen LogP contribution in [0.15, 0.2) is 24.3 Å². The Labute approximate surface area is 77.5 Å². The van der Waals surface area contributed by atoms with Crippen LogP contribution in [0.1, 0.15) is 15.9 Å². The van der Waals surface area contributed by atoms with Crippen LogP contribution in [-0.4, -0.2) is 20.0 Å². The van der Waals surface area contributed by atoms with E-state index in [-0.39, 0.29) is 0 Å². The van der Waals surface area contributed by atoms with Gasteiger partial charge in [-0.25, -0.2) is 0 Å². The van der Waals surface area contributed by atoms with E-state index in [9.17, 15) is 4.79 Å². The molecule has 0 aliphatic carbocycles. The Bertz CT molecular complexity index is 327. The Morgan fingerprint density at radius 1 is 1.38 bits per heavy atom. The van der Waals surface area contributed by atoms with E-state index in [0.29, 0.717) is 12.2 Å². The summed E-state index contributed by atoms with van der Waals surface area (Å²) >= 11 is 0. The number of methoxy groups -OCH3 is 1. The van der Waals surface area contributed by atoms with Crippen molar-refractivity contribution < 1.29 is 9.53 Å². The molecule has 0 radical (unpaired) electrons. The lowest BCUT2D eigenvalue weighted by molar-refractivity contribution is 0.112. The van der Waals surface area contributed by atoms with Crippen molar-refractivity contribution >= 4 is 6.29 Å². The van der Waals surface area contributed by atoms with Crippen molar-refractivity contribution in [2.24, 2.45) is 0 Å². The average molecular weight is 174 g/mol. The molecule has 0 fully saturated rings. The summed E-state index contributed by atoms with van der Waals surface area (Å²) in [6.45, 7) is 0.426. The molecule has 0 aromatic heterocycles. The Hall–Kier alpha value is -1.59. The number of rotatable bonds is 2. The number of ether oxygens (including phenoxy) is 1. The summed E-state index contributed by atoms with van der Waals surface area (Å²) in [6, 6.07) is 7.10. The summed E-state index contributed by atoms with van der Waals surface area (Å²) in [7, 11) is 1.60. The van der Waals surface area contributed by atoms with Crippen molar-refractivity contribution in [1.82, 2.24) is 0 Å². The Morgan fingerprint density at radius 3 is 2.62 bits per heavy atom. The van der Waals surface area contributed by atoms with E-state index >= 15 is 0 Å². The number of carbonyl (C=O) groups excluding carboxylic acids is 1. The molecule has 13 heavy (non-hydrogen) atoms. The van der Waals surface area contributed by atoms with Gasteiger partial charge in [0.25, 0.3) is 0 Å². The van der Waals surface area contributed by atoms with Gasteiger partial charge in [-0.2, -0.15) is 0 Å². The van der Waals surface area contributed by atoms with E-state index in [4.69, 9.17) is 4.74 Å². The Kier molecular flexibility index (Phi) is 3.74. The van der Waals surface area contributed by atoms with Gasteiger partial charge >= 0.3 is 0 Å². The molecule has 66 valence electrons. The fourth-order valence-electron chi connectivity index (χ4n) is 0.855. The molecule has 0 atom stereocenters. The van der Waals surface area contributed by atoms with Crippen LogP contribution in [0.5, 0.6) is 0 Å². The summed E-state index contributed by atoms with van der Waals surface area (Å²) < 4.78 is 4.78. The van der Waals surface area contributed by atoms with Gasteiger partial charge in [0.2, 0.25) is 0 Å². The first-order valence-corrected chi connectivity index (χ1v) is 3.90. The van der Waals surface area contributed by atoms with Crippen molar-refractivity contribution in [2.45, 2.75) is 0 Å². The van der Waals surface area contributed by atoms with Gasteiger partial charge in [-0.15, -0.1) is 0 Å². The van der Waals surface area contributed by atoms with Gasteiger partial charge in [-0.3, -0.25) is 4.79 Å². The van der Waals surface area contributed by atoms with Gasteiger partial charge in [0.05, 0.1) is 0 Å². The minimum Gasteiger partial charge on any atom is -0.372 e. The first kappa shape index (κ1) is 9.50. The van der Waals surface area contributed by atoms with Gasteiger partial charge in [-0.1, -0.05) is 24.0 Å². The molecule has 0 aliphatic rings. The zero-order valence-electron chi connectivity index (χ0n) is 7.41. The minimum absolute atomic E-state index is 0.426. The molecule has 1 rings (SSSR count). The fourth-order valence-corrected chi connectivity index (χ4v) is 0.855. The third-order valence-corrected chi connectivity index (χ3v) is 1.50. The fraction of sp³-hybridized carbons (Fsp3) is 0.182. The number of carbonyl (C=O) groups is 1. The van der Waals surface area contributed by atoms with Crippen LogP contribution in [0.3, 0.4) is 0 Å². The third kappa shape index (κ3) is 3.10. The van der Waals surface area contributed by atoms with E-state index in [0.717, 1.165) is 11.8 Å². The number of benzene rings is 1. The number of hydrogen-bond acceptors (Lipinski definition) is 2. The van der Waals surface area contributed by atoms with E-state index in [1.807, 2.05) is 12.1 Å². The van der Waals surface area contributed by atoms with Crippen molar-refractivity contribution in [3.05, 3.63) is 35.4 Å². The molecular formula is C11H10O2. The lowest BCUT2D eigenvalue weighted by atomic mass is 10.1. The van der Waals surface area contributed by atoms with E-state index in [1.165, 1.54) is 0 Å². The maximum atomic E-state index is 10.3. The topological polar surface area (TPSA) is 26.3 Å². The van der Waals surface area contributed by atoms with Crippen LogP contribution in [0.2, 0.25) is 0 Å². The summed E-state index contributed by atoms with van der Waals surface area (Å²) in [6.07, 6.45) is 0.812. The molecule has 0 aliphatic heterocycles. The van der Waals surface area contributed by atoms with Crippen LogP contribution >= 0.6 is 0 Å². The molecule has 0 N–H and O–H groups in total. The molecule has 1 aromatic carbocycles. The standard InChI is InChI=1S/C11H10O2/c1-13-8-2-3-10-4-6-11(9-12)7-5-10/h4-7,9H,8H2,1H3. The monoisotopic (exact) mass is 174 g/mol. The van der Waals surface area contributed by atoms with Crippen molar-refractivity contribution in [3.63, 3.8) is 0 Å². The van der Waals surface area contributed by atoms with Gasteiger partial charge in [0, 0.05) is 18.2 Å². The summed E-state index contributed by atoms with van der Waals surface area (Å²) in [5.74, 6) is 5.73. The maximum absolute atomic E-state index is 10.3. The van der Waals surface area contributed by atoms with Crippen LogP contribution in [-0.2, 0) is 4.74 Å². The predicted octanol–water partition coefficient (Wildman–Crippen LogP) is 1.50. The van der Waals surface area contributed by atoms with E-state index < -0.39 is 0 Å². The second-order valence-corrected chi connectivity index (χ2v) is 2.47. The Morgan fingerprint density at radius 2 is 2.08 bits per heavy atom. The lowest BCUT2D eigenvalue weighted by Gasteiger charge is -1.90. The smallest absolute Gasteiger partial charge is 0.150 e. The summed E-state index contributed by atoms with van der Waals surface area (Å²) in [5, 5.41) is 0. The highest BCUT2D eigenvalue weighted by atomic mass is 16.5. The first-order chi connectivity index (χ1) is 6.36. The molecule has 0 saturated carbocycles. The SMILES string of the molecule is COCC#Cc1ccc(C=O)cc1. The van der Waals surface area contributed by atoms with Crippen LogP contribution in [0.4, 0.5) is 0 Å². The highest BCUT2D eigenvalue weighted by molar-refractivity contribution is 5.74. The van der Waals surface area contributed by atoms with E-state index in [2.05, 4.69) is 11.8 Å². The van der Waals surface area contributed by atoms with Crippen LogP contribution in [0.25, 0.3) is 0 Å². The summed E-state index contributed by atoms with van der Waals surface area (Å²) in [5.41, 5.74) is 1.56. The predicted molar refractivity (Wildman–Crippen MR) is 50.6 cm³/mol. The normalized spacial score (nSPS) is 8.69. The Balaban J connectivity index is 2.71. The van der Waals surface area contributed by atoms with Crippen LogP contribution in [0, 0.1) is 11.8 Å². The zero-order chi connectivity index (χ0) is 9.52. The molecule has 0 saturated heterocycles. The van der Waals surface area contributed by atoms with Crippen LogP contribution < -0.4 is 0 Å². The molecule has 1 aromatic rings. The minimum atomic E-state index is 0.426. The largest absolute Gasteiger partial charge is 0.372 e. The highest BCUT2D eigenvalue weighted by Gasteiger charge is 1.88. The van der Waals surface area contributed by atoms with Crippen molar-refractivity contribution in [2.75, 3.05) is 13.7 Å². The number of hydrogen-bond donors (Lipinski definition) is 0. The molecule has 0 bridgehead atoms. The second-order valence-electron chi connectivity index (χ2n) is 2.47. The molecule has 0 amide bonds. The average Bonchev–Trinajstić information content (AvgIpc) is 2.19. The first-order valence-electron chi connectivity index (χ1n) is 3.90. The third-order valence-electron chi connectivity index (χ3n) is 1.50. The zero-order valence-corrected chi connectivity index (χ0v) is 7.41. The molecular weight excluding hydrogens is 164 g/mol. The maximum Gasteiger partial charge on any atom is 0.150 e. The molecule has 2 nitrogen and oxygen atoms in total. The molecule has 0 spiro atoms. The summed E-state index contributed by atoms with van der Waals surface area (Å²) in [4.78, 5) is 10.3. The molecule has 2 heteroatoms. The second kappa shape index (κ2) is 5.13. The number of aldehydes is 1. The molecule has 0 heterocycles. The van der Waals surface area contributed by atoms with Gasteiger partial charge < -0.3 is 4.74 Å². The van der Waals surface area contributed by atoms with E-state index in [1.54, 1.807) is 19.2 Å². The highest BCUT2D eigenvalue weighted by Crippen LogP contribution is 2.00. The van der Waals surface area contributed by atoms with Crippen molar-refractivity contribution in [3.8, 4) is 11.8 Å². The lowest BCUT2D eigenvalue weighted by Crippen LogP contribution is -1.83. The van der Waals surface area contributed by atoms with Crippen molar-refractivity contribution in [1.29, 1.82) is 0 Å².